The van der Waals surface area contributed by atoms with Crippen LogP contribution in [-0.2, 0) is 20.7 Å². The summed E-state index contributed by atoms with van der Waals surface area (Å²) < 4.78 is 4.57. The third-order valence-electron chi connectivity index (χ3n) is 2.28. The zero-order chi connectivity index (χ0) is 12.7. The van der Waals surface area contributed by atoms with Gasteiger partial charge in [0.05, 0.1) is 6.61 Å². The van der Waals surface area contributed by atoms with Crippen LogP contribution in [0.15, 0.2) is 24.3 Å². The van der Waals surface area contributed by atoms with Crippen molar-refractivity contribution in [2.24, 2.45) is 0 Å². The van der Waals surface area contributed by atoms with Crippen LogP contribution in [0.3, 0.4) is 0 Å². The molecular formula is C13H17NO3. The molecule has 0 aliphatic carbocycles. The van der Waals surface area contributed by atoms with Crippen LogP contribution < -0.4 is 5.32 Å². The van der Waals surface area contributed by atoms with E-state index in [-0.39, 0.29) is 6.61 Å². The number of ether oxygens (including phenoxy) is 1. The maximum Gasteiger partial charge on any atom is 0.396 e. The molecule has 0 spiro atoms. The highest BCUT2D eigenvalue weighted by atomic mass is 16.5. The third kappa shape index (κ3) is 4.68. The van der Waals surface area contributed by atoms with Gasteiger partial charge in [0.2, 0.25) is 0 Å². The van der Waals surface area contributed by atoms with E-state index in [2.05, 4.69) is 10.1 Å². The molecule has 1 aromatic carbocycles. The zero-order valence-electron chi connectivity index (χ0n) is 10.2. The number of amides is 1. The van der Waals surface area contributed by atoms with Crippen LogP contribution in [-0.4, -0.2) is 25.0 Å². The van der Waals surface area contributed by atoms with Crippen molar-refractivity contribution in [3.05, 3.63) is 35.4 Å². The summed E-state index contributed by atoms with van der Waals surface area (Å²) >= 11 is 0. The van der Waals surface area contributed by atoms with Crippen molar-refractivity contribution in [1.82, 2.24) is 5.32 Å². The maximum atomic E-state index is 11.2. The van der Waals surface area contributed by atoms with Gasteiger partial charge in [0.25, 0.3) is 0 Å². The fourth-order valence-corrected chi connectivity index (χ4v) is 1.34. The molecular weight excluding hydrogens is 218 g/mol. The third-order valence-corrected chi connectivity index (χ3v) is 2.28. The number of esters is 1. The molecule has 0 aliphatic rings. The SMILES string of the molecule is CCOC(=O)C(=O)NCCc1ccc(C)cc1. The highest BCUT2D eigenvalue weighted by molar-refractivity contribution is 6.32. The Morgan fingerprint density at radius 1 is 1.24 bits per heavy atom. The van der Waals surface area contributed by atoms with E-state index in [1.807, 2.05) is 31.2 Å². The minimum absolute atomic E-state index is 0.213. The van der Waals surface area contributed by atoms with Gasteiger partial charge in [0.15, 0.2) is 0 Å². The van der Waals surface area contributed by atoms with Crippen molar-refractivity contribution in [3.8, 4) is 0 Å². The van der Waals surface area contributed by atoms with Gasteiger partial charge >= 0.3 is 11.9 Å². The van der Waals surface area contributed by atoms with Crippen LogP contribution >= 0.6 is 0 Å². The lowest BCUT2D eigenvalue weighted by atomic mass is 10.1. The number of carbonyl (C=O) groups is 2. The van der Waals surface area contributed by atoms with Gasteiger partial charge in [0, 0.05) is 6.54 Å². The van der Waals surface area contributed by atoms with E-state index in [1.54, 1.807) is 6.92 Å². The Morgan fingerprint density at radius 2 is 1.88 bits per heavy atom. The molecule has 1 aromatic rings. The molecule has 0 saturated carbocycles. The zero-order valence-corrected chi connectivity index (χ0v) is 10.2. The first-order valence-corrected chi connectivity index (χ1v) is 5.64. The smallest absolute Gasteiger partial charge is 0.396 e. The van der Waals surface area contributed by atoms with Crippen LogP contribution in [0, 0.1) is 6.92 Å². The Bertz CT molecular complexity index is 384. The number of benzene rings is 1. The molecule has 0 bridgehead atoms. The molecule has 4 heteroatoms. The Kier molecular flexibility index (Phi) is 5.20. The molecule has 0 saturated heterocycles. The van der Waals surface area contributed by atoms with Crippen molar-refractivity contribution >= 4 is 11.9 Å². The number of carbonyl (C=O) groups excluding carboxylic acids is 2. The van der Waals surface area contributed by atoms with Crippen LogP contribution in [0.25, 0.3) is 0 Å². The van der Waals surface area contributed by atoms with Crippen molar-refractivity contribution < 1.29 is 14.3 Å². The fraction of sp³-hybridized carbons (Fsp3) is 0.385. The van der Waals surface area contributed by atoms with Crippen molar-refractivity contribution in [2.45, 2.75) is 20.3 Å². The average molecular weight is 235 g/mol. The summed E-state index contributed by atoms with van der Waals surface area (Å²) in [6.45, 7) is 4.33. The van der Waals surface area contributed by atoms with Gasteiger partial charge in [-0.1, -0.05) is 29.8 Å². The molecule has 0 fully saturated rings. The Balaban J connectivity index is 2.30. The van der Waals surface area contributed by atoms with E-state index in [4.69, 9.17) is 0 Å². The Labute approximate surface area is 101 Å². The summed E-state index contributed by atoms with van der Waals surface area (Å²) in [5, 5.41) is 2.52. The Morgan fingerprint density at radius 3 is 2.47 bits per heavy atom. The van der Waals surface area contributed by atoms with E-state index in [0.717, 1.165) is 5.56 Å². The predicted octanol–water partition coefficient (Wildman–Crippen LogP) is 1.22. The van der Waals surface area contributed by atoms with E-state index < -0.39 is 11.9 Å². The molecule has 92 valence electrons. The molecule has 0 unspecified atom stereocenters. The van der Waals surface area contributed by atoms with Gasteiger partial charge in [-0.3, -0.25) is 4.79 Å². The average Bonchev–Trinajstić information content (AvgIpc) is 2.32. The molecule has 0 aliphatic heterocycles. The molecule has 0 atom stereocenters. The number of hydrogen-bond donors (Lipinski definition) is 1. The molecule has 0 heterocycles. The van der Waals surface area contributed by atoms with E-state index in [9.17, 15) is 9.59 Å². The second kappa shape index (κ2) is 6.68. The van der Waals surface area contributed by atoms with E-state index >= 15 is 0 Å². The molecule has 4 nitrogen and oxygen atoms in total. The highest BCUT2D eigenvalue weighted by Crippen LogP contribution is 2.02. The van der Waals surface area contributed by atoms with Crippen molar-refractivity contribution in [1.29, 1.82) is 0 Å². The highest BCUT2D eigenvalue weighted by Gasteiger charge is 2.13. The standard InChI is InChI=1S/C13H17NO3/c1-3-17-13(16)12(15)14-9-8-11-6-4-10(2)5-7-11/h4-7H,3,8-9H2,1-2H3,(H,14,15). The first kappa shape index (κ1) is 13.2. The first-order chi connectivity index (χ1) is 8.13. The number of nitrogens with one attached hydrogen (secondary N) is 1. The molecule has 0 aromatic heterocycles. The fourth-order valence-electron chi connectivity index (χ4n) is 1.34. The van der Waals surface area contributed by atoms with Gasteiger partial charge in [-0.15, -0.1) is 0 Å². The summed E-state index contributed by atoms with van der Waals surface area (Å²) in [5.41, 5.74) is 2.32. The molecule has 1 N–H and O–H groups in total. The van der Waals surface area contributed by atoms with E-state index in [0.29, 0.717) is 13.0 Å². The van der Waals surface area contributed by atoms with Crippen LogP contribution in [0.4, 0.5) is 0 Å². The second-order valence-corrected chi connectivity index (χ2v) is 3.71. The quantitative estimate of drug-likeness (QED) is 0.630. The number of hydrogen-bond acceptors (Lipinski definition) is 3. The summed E-state index contributed by atoms with van der Waals surface area (Å²) in [6.07, 6.45) is 0.700. The lowest BCUT2D eigenvalue weighted by Crippen LogP contribution is -2.33. The van der Waals surface area contributed by atoms with Gasteiger partial charge < -0.3 is 10.1 Å². The topological polar surface area (TPSA) is 55.4 Å². The summed E-state index contributed by atoms with van der Waals surface area (Å²) in [7, 11) is 0. The monoisotopic (exact) mass is 235 g/mol. The van der Waals surface area contributed by atoms with Crippen molar-refractivity contribution in [3.63, 3.8) is 0 Å². The Hall–Kier alpha value is -1.84. The van der Waals surface area contributed by atoms with Gasteiger partial charge in [0.1, 0.15) is 0 Å². The van der Waals surface area contributed by atoms with Crippen LogP contribution in [0.2, 0.25) is 0 Å². The summed E-state index contributed by atoms with van der Waals surface area (Å²) in [6, 6.07) is 8.04. The van der Waals surface area contributed by atoms with Crippen LogP contribution in [0.5, 0.6) is 0 Å². The molecule has 1 rings (SSSR count). The predicted molar refractivity (Wildman–Crippen MR) is 64.5 cm³/mol. The van der Waals surface area contributed by atoms with Gasteiger partial charge in [-0.05, 0) is 25.8 Å². The first-order valence-electron chi connectivity index (χ1n) is 5.64. The minimum atomic E-state index is -0.823. The lowest BCUT2D eigenvalue weighted by Gasteiger charge is -2.05. The molecule has 17 heavy (non-hydrogen) atoms. The summed E-state index contributed by atoms with van der Waals surface area (Å²) in [5.74, 6) is -1.50. The number of aryl methyl sites for hydroxylation is 1. The normalized spacial score (nSPS) is 9.76. The number of rotatable bonds is 4. The van der Waals surface area contributed by atoms with Gasteiger partial charge in [-0.2, -0.15) is 0 Å². The second-order valence-electron chi connectivity index (χ2n) is 3.71. The summed E-state index contributed by atoms with van der Waals surface area (Å²) in [4.78, 5) is 22.2. The van der Waals surface area contributed by atoms with E-state index in [1.165, 1.54) is 5.56 Å². The lowest BCUT2D eigenvalue weighted by molar-refractivity contribution is -0.154. The molecule has 0 radical (unpaired) electrons. The van der Waals surface area contributed by atoms with Gasteiger partial charge in [-0.25, -0.2) is 4.79 Å². The minimum Gasteiger partial charge on any atom is -0.459 e. The van der Waals surface area contributed by atoms with Crippen LogP contribution in [0.1, 0.15) is 18.1 Å². The van der Waals surface area contributed by atoms with Crippen molar-refractivity contribution in [2.75, 3.05) is 13.2 Å². The largest absolute Gasteiger partial charge is 0.459 e. The molecule has 1 amide bonds. The maximum absolute atomic E-state index is 11.2.